The van der Waals surface area contributed by atoms with Crippen molar-refractivity contribution in [3.8, 4) is 5.75 Å². The number of H-pyrrole nitrogens is 1. The van der Waals surface area contributed by atoms with Gasteiger partial charge in [0.15, 0.2) is 11.6 Å². The number of halogens is 1. The second kappa shape index (κ2) is 7.15. The summed E-state index contributed by atoms with van der Waals surface area (Å²) in [5.41, 5.74) is 2.96. The van der Waals surface area contributed by atoms with Gasteiger partial charge in [0, 0.05) is 11.3 Å². The van der Waals surface area contributed by atoms with E-state index in [4.69, 9.17) is 4.74 Å². The molecule has 3 aromatic rings. The van der Waals surface area contributed by atoms with E-state index >= 15 is 0 Å². The number of carbonyl (C=O) groups is 2. The van der Waals surface area contributed by atoms with Crippen LogP contribution in [-0.4, -0.2) is 22.0 Å². The summed E-state index contributed by atoms with van der Waals surface area (Å²) in [5.74, 6) is -1.15. The van der Waals surface area contributed by atoms with E-state index in [1.165, 1.54) is 18.2 Å². The number of ether oxygens (including phenoxy) is 1. The Morgan fingerprint density at radius 3 is 2.89 bits per heavy atom. The number of carbonyl (C=O) groups excluding carboxylic acids is 2. The molecule has 0 spiro atoms. The zero-order chi connectivity index (χ0) is 19.7. The third-order valence-electron chi connectivity index (χ3n) is 4.49. The van der Waals surface area contributed by atoms with Crippen LogP contribution < -0.4 is 15.4 Å². The van der Waals surface area contributed by atoms with Crippen LogP contribution in [0.4, 0.5) is 10.1 Å². The van der Waals surface area contributed by atoms with Gasteiger partial charge in [0.2, 0.25) is 0 Å². The normalized spacial score (nSPS) is 15.1. The number of fused-ring (bicyclic) bond motifs is 1. The molecule has 0 bridgehead atoms. The molecule has 2 amide bonds. The molecule has 1 aliphatic heterocycles. The van der Waals surface area contributed by atoms with Crippen LogP contribution in [0.3, 0.4) is 0 Å². The molecule has 8 heteroatoms. The Hall–Kier alpha value is -3.68. The average Bonchev–Trinajstić information content (AvgIpc) is 3.27. The molecule has 1 aliphatic rings. The molecular weight excluding hydrogens is 363 g/mol. The lowest BCUT2D eigenvalue weighted by atomic mass is 10.0. The van der Waals surface area contributed by atoms with Crippen LogP contribution in [0.5, 0.6) is 5.75 Å². The number of nitrogens with one attached hydrogen (secondary N) is 3. The fourth-order valence-corrected chi connectivity index (χ4v) is 3.12. The van der Waals surface area contributed by atoms with Crippen LogP contribution in [0, 0.1) is 12.7 Å². The van der Waals surface area contributed by atoms with Crippen molar-refractivity contribution in [2.45, 2.75) is 19.6 Å². The van der Waals surface area contributed by atoms with Crippen LogP contribution in [0.15, 0.2) is 48.5 Å². The molecule has 142 valence electrons. The van der Waals surface area contributed by atoms with Gasteiger partial charge in [-0.05, 0) is 36.8 Å². The first kappa shape index (κ1) is 17.7. The zero-order valence-electron chi connectivity index (χ0n) is 15.0. The Morgan fingerprint density at radius 1 is 1.25 bits per heavy atom. The van der Waals surface area contributed by atoms with Crippen LogP contribution in [0.25, 0.3) is 0 Å². The monoisotopic (exact) mass is 380 g/mol. The first-order valence-corrected chi connectivity index (χ1v) is 8.66. The molecule has 0 fully saturated rings. The third kappa shape index (κ3) is 3.32. The van der Waals surface area contributed by atoms with E-state index in [9.17, 15) is 14.0 Å². The summed E-state index contributed by atoms with van der Waals surface area (Å²) in [6, 6.07) is 12.3. The molecule has 0 aliphatic carbocycles. The first-order valence-electron chi connectivity index (χ1n) is 8.66. The highest BCUT2D eigenvalue weighted by atomic mass is 19.1. The van der Waals surface area contributed by atoms with Crippen molar-refractivity contribution in [3.05, 3.63) is 76.9 Å². The maximum atomic E-state index is 13.6. The number of nitrogens with zero attached hydrogens (tertiary/aromatic N) is 1. The predicted octanol–water partition coefficient (Wildman–Crippen LogP) is 2.86. The molecule has 2 heterocycles. The molecular formula is C20H17FN4O3. The summed E-state index contributed by atoms with van der Waals surface area (Å²) in [7, 11) is 0. The minimum atomic E-state index is -0.779. The van der Waals surface area contributed by atoms with Gasteiger partial charge in [-0.2, -0.15) is 5.10 Å². The van der Waals surface area contributed by atoms with Gasteiger partial charge in [-0.15, -0.1) is 0 Å². The minimum Gasteiger partial charge on any atom is -0.484 e. The predicted molar refractivity (Wildman–Crippen MR) is 99.3 cm³/mol. The zero-order valence-corrected chi connectivity index (χ0v) is 15.0. The van der Waals surface area contributed by atoms with Crippen LogP contribution >= 0.6 is 0 Å². The number of aromatic amines is 1. The van der Waals surface area contributed by atoms with Gasteiger partial charge in [-0.25, -0.2) is 4.39 Å². The second-order valence-corrected chi connectivity index (χ2v) is 6.43. The van der Waals surface area contributed by atoms with Gasteiger partial charge in [0.1, 0.15) is 18.3 Å². The first-order chi connectivity index (χ1) is 13.5. The fourth-order valence-electron chi connectivity index (χ4n) is 3.12. The number of aryl methyl sites for hydroxylation is 1. The topological polar surface area (TPSA) is 96.1 Å². The molecule has 0 saturated carbocycles. The number of para-hydroxylation sites is 1. The highest BCUT2D eigenvalue weighted by molar-refractivity contribution is 6.06. The molecule has 1 atom stereocenters. The summed E-state index contributed by atoms with van der Waals surface area (Å²) >= 11 is 0. The maximum absolute atomic E-state index is 13.6. The van der Waals surface area contributed by atoms with Gasteiger partial charge >= 0.3 is 0 Å². The van der Waals surface area contributed by atoms with E-state index in [0.717, 1.165) is 11.1 Å². The van der Waals surface area contributed by atoms with Crippen molar-refractivity contribution < 1.29 is 18.7 Å². The van der Waals surface area contributed by atoms with Crippen molar-refractivity contribution in [1.82, 2.24) is 15.5 Å². The van der Waals surface area contributed by atoms with Crippen LogP contribution in [0.2, 0.25) is 0 Å². The van der Waals surface area contributed by atoms with E-state index in [1.54, 1.807) is 18.2 Å². The molecule has 28 heavy (non-hydrogen) atoms. The van der Waals surface area contributed by atoms with Gasteiger partial charge < -0.3 is 15.4 Å². The van der Waals surface area contributed by atoms with Crippen molar-refractivity contribution in [2.24, 2.45) is 0 Å². The summed E-state index contributed by atoms with van der Waals surface area (Å²) in [4.78, 5) is 24.8. The number of rotatable bonds is 5. The summed E-state index contributed by atoms with van der Waals surface area (Å²) < 4.78 is 19.0. The largest absolute Gasteiger partial charge is 0.484 e. The lowest BCUT2D eigenvalue weighted by Crippen LogP contribution is -2.33. The van der Waals surface area contributed by atoms with Gasteiger partial charge in [0.05, 0.1) is 5.69 Å². The Morgan fingerprint density at radius 2 is 2.07 bits per heavy atom. The average molecular weight is 380 g/mol. The minimum absolute atomic E-state index is 0.0209. The van der Waals surface area contributed by atoms with Crippen molar-refractivity contribution in [3.63, 3.8) is 0 Å². The standard InChI is InChI=1S/C20H17FN4O3/c1-11-5-4-7-14-17(11)18(20(27)22-14)23-19(26)15-9-12(24-25-15)10-28-16-8-3-2-6-13(16)21/h2-9,18H,10H2,1H3,(H,22,27)(H,23,26)(H,24,25)/t18-/m1/s1. The van der Waals surface area contributed by atoms with Crippen molar-refractivity contribution in [1.29, 1.82) is 0 Å². The summed E-state index contributed by atoms with van der Waals surface area (Å²) in [5, 5.41) is 12.1. The Kier molecular flexibility index (Phi) is 4.52. The quantitative estimate of drug-likeness (QED) is 0.634. The van der Waals surface area contributed by atoms with E-state index < -0.39 is 17.8 Å². The van der Waals surface area contributed by atoms with Crippen molar-refractivity contribution in [2.75, 3.05) is 5.32 Å². The Balaban J connectivity index is 1.44. The fraction of sp³-hybridized carbons (Fsp3) is 0.150. The second-order valence-electron chi connectivity index (χ2n) is 6.43. The van der Waals surface area contributed by atoms with Crippen LogP contribution in [0.1, 0.15) is 33.4 Å². The molecule has 0 radical (unpaired) electrons. The number of hydrogen-bond donors (Lipinski definition) is 3. The summed E-state index contributed by atoms with van der Waals surface area (Å²) in [6.45, 7) is 1.90. The number of anilines is 1. The lowest BCUT2D eigenvalue weighted by molar-refractivity contribution is -0.117. The molecule has 2 aromatic carbocycles. The number of amides is 2. The van der Waals surface area contributed by atoms with E-state index in [2.05, 4.69) is 20.8 Å². The molecule has 4 rings (SSSR count). The van der Waals surface area contributed by atoms with Crippen LogP contribution in [-0.2, 0) is 11.4 Å². The SMILES string of the molecule is Cc1cccc2c1[C@@H](NC(=O)c1cc(COc3ccccc3F)[nH]n1)C(=O)N2. The molecule has 1 aromatic heterocycles. The van der Waals surface area contributed by atoms with Gasteiger partial charge in [-0.3, -0.25) is 14.7 Å². The highest BCUT2D eigenvalue weighted by Crippen LogP contribution is 2.33. The van der Waals surface area contributed by atoms with E-state index in [1.807, 2.05) is 19.1 Å². The molecule has 0 unspecified atom stereocenters. The molecule has 3 N–H and O–H groups in total. The number of benzene rings is 2. The number of hydrogen-bond acceptors (Lipinski definition) is 4. The Bertz CT molecular complexity index is 1060. The lowest BCUT2D eigenvalue weighted by Gasteiger charge is -2.12. The van der Waals surface area contributed by atoms with Crippen molar-refractivity contribution >= 4 is 17.5 Å². The Labute approximate surface area is 159 Å². The number of aromatic nitrogens is 2. The third-order valence-corrected chi connectivity index (χ3v) is 4.49. The van der Waals surface area contributed by atoms with E-state index in [-0.39, 0.29) is 24.0 Å². The van der Waals surface area contributed by atoms with E-state index in [0.29, 0.717) is 11.4 Å². The molecule has 7 nitrogen and oxygen atoms in total. The maximum Gasteiger partial charge on any atom is 0.272 e. The molecule has 0 saturated heterocycles. The highest BCUT2D eigenvalue weighted by Gasteiger charge is 2.33. The smallest absolute Gasteiger partial charge is 0.272 e. The van der Waals surface area contributed by atoms with Gasteiger partial charge in [0.25, 0.3) is 11.8 Å². The van der Waals surface area contributed by atoms with Gasteiger partial charge in [-0.1, -0.05) is 24.3 Å². The summed E-state index contributed by atoms with van der Waals surface area (Å²) in [6.07, 6.45) is 0.